The predicted molar refractivity (Wildman–Crippen MR) is 82.7 cm³/mol. The number of unbranched alkanes of at least 4 members (excludes halogenated alkanes) is 3. The van der Waals surface area contributed by atoms with E-state index in [2.05, 4.69) is 37.9 Å². The van der Waals surface area contributed by atoms with Crippen LogP contribution in [0.2, 0.25) is 0 Å². The van der Waals surface area contributed by atoms with Crippen molar-refractivity contribution >= 4 is 0 Å². The number of hydrogen-bond donors (Lipinski definition) is 1. The molecule has 19 heavy (non-hydrogen) atoms. The van der Waals surface area contributed by atoms with E-state index in [0.29, 0.717) is 6.10 Å². The molecule has 1 N–H and O–H groups in total. The van der Waals surface area contributed by atoms with Crippen LogP contribution >= 0.6 is 0 Å². The summed E-state index contributed by atoms with van der Waals surface area (Å²) in [5.74, 6) is 0. The van der Waals surface area contributed by atoms with Gasteiger partial charge in [0.25, 0.3) is 0 Å². The molecule has 3 heteroatoms. The average molecular weight is 270 g/mol. The molecule has 1 heterocycles. The molecular formula is C16H34N2O. The first-order valence-electron chi connectivity index (χ1n) is 8.14. The molecule has 0 aromatic rings. The van der Waals surface area contributed by atoms with Crippen LogP contribution < -0.4 is 5.32 Å². The van der Waals surface area contributed by atoms with Gasteiger partial charge in [-0.3, -0.25) is 4.90 Å². The highest BCUT2D eigenvalue weighted by Crippen LogP contribution is 2.21. The molecule has 0 spiro atoms. The summed E-state index contributed by atoms with van der Waals surface area (Å²) in [7, 11) is 0. The number of morpholine rings is 1. The third-order valence-electron chi connectivity index (χ3n) is 3.64. The maximum absolute atomic E-state index is 5.94. The first-order valence-corrected chi connectivity index (χ1v) is 8.14. The lowest BCUT2D eigenvalue weighted by atomic mass is 10.0. The van der Waals surface area contributed by atoms with Gasteiger partial charge in [-0.1, -0.05) is 19.8 Å². The van der Waals surface area contributed by atoms with Gasteiger partial charge in [-0.15, -0.1) is 0 Å². The second-order valence-corrected chi connectivity index (χ2v) is 6.59. The van der Waals surface area contributed by atoms with Crippen molar-refractivity contribution in [2.45, 2.75) is 71.5 Å². The molecule has 3 nitrogen and oxygen atoms in total. The van der Waals surface area contributed by atoms with Crippen LogP contribution in [0.4, 0.5) is 0 Å². The molecule has 1 rings (SSSR count). The van der Waals surface area contributed by atoms with Gasteiger partial charge in [0, 0.05) is 13.1 Å². The maximum Gasteiger partial charge on any atom is 0.0757 e. The van der Waals surface area contributed by atoms with Crippen molar-refractivity contribution < 1.29 is 4.74 Å². The summed E-state index contributed by atoms with van der Waals surface area (Å²) in [6.07, 6.45) is 6.99. The quantitative estimate of drug-likeness (QED) is 0.652. The molecule has 1 aliphatic heterocycles. The first kappa shape index (κ1) is 16.9. The SMILES string of the molecule is CCCNCCCCCCN1CC(C)OC(C)(C)C1. The van der Waals surface area contributed by atoms with E-state index in [0.717, 1.165) is 13.1 Å². The normalized spacial score (nSPS) is 23.7. The fourth-order valence-electron chi connectivity index (χ4n) is 3.00. The van der Waals surface area contributed by atoms with Gasteiger partial charge in [-0.2, -0.15) is 0 Å². The van der Waals surface area contributed by atoms with Gasteiger partial charge in [0.1, 0.15) is 0 Å². The maximum atomic E-state index is 5.94. The predicted octanol–water partition coefficient (Wildman–Crippen LogP) is 3.05. The molecule has 0 aromatic heterocycles. The molecule has 0 saturated carbocycles. The lowest BCUT2D eigenvalue weighted by Crippen LogP contribution is -2.51. The number of hydrogen-bond acceptors (Lipinski definition) is 3. The number of rotatable bonds is 9. The molecule has 0 radical (unpaired) electrons. The topological polar surface area (TPSA) is 24.5 Å². The number of nitrogens with one attached hydrogen (secondary N) is 1. The highest BCUT2D eigenvalue weighted by atomic mass is 16.5. The van der Waals surface area contributed by atoms with Crippen LogP contribution in [0, 0.1) is 0 Å². The molecule has 1 unspecified atom stereocenters. The Balaban J connectivity index is 2.00. The highest BCUT2D eigenvalue weighted by molar-refractivity contribution is 4.82. The van der Waals surface area contributed by atoms with Crippen molar-refractivity contribution in [1.82, 2.24) is 10.2 Å². The van der Waals surface area contributed by atoms with Gasteiger partial charge in [-0.25, -0.2) is 0 Å². The minimum atomic E-state index is 0.0295. The molecule has 0 aliphatic carbocycles. The molecule has 1 fully saturated rings. The second kappa shape index (κ2) is 8.93. The van der Waals surface area contributed by atoms with Crippen molar-refractivity contribution in [2.75, 3.05) is 32.7 Å². The van der Waals surface area contributed by atoms with Crippen LogP contribution in [0.5, 0.6) is 0 Å². The molecule has 0 bridgehead atoms. The summed E-state index contributed by atoms with van der Waals surface area (Å²) in [4.78, 5) is 2.57. The Hall–Kier alpha value is -0.120. The van der Waals surface area contributed by atoms with Gasteiger partial charge in [-0.05, 0) is 59.7 Å². The Morgan fingerprint density at radius 3 is 2.58 bits per heavy atom. The van der Waals surface area contributed by atoms with Crippen LogP contribution in [0.15, 0.2) is 0 Å². The summed E-state index contributed by atoms with van der Waals surface area (Å²) in [5.41, 5.74) is 0.0295. The summed E-state index contributed by atoms with van der Waals surface area (Å²) in [5, 5.41) is 3.46. The monoisotopic (exact) mass is 270 g/mol. The van der Waals surface area contributed by atoms with Gasteiger partial charge in [0.15, 0.2) is 0 Å². The lowest BCUT2D eigenvalue weighted by molar-refractivity contribution is -0.128. The van der Waals surface area contributed by atoms with Crippen molar-refractivity contribution in [2.24, 2.45) is 0 Å². The minimum absolute atomic E-state index is 0.0295. The van der Waals surface area contributed by atoms with Gasteiger partial charge < -0.3 is 10.1 Å². The van der Waals surface area contributed by atoms with E-state index < -0.39 is 0 Å². The fraction of sp³-hybridized carbons (Fsp3) is 1.00. The van der Waals surface area contributed by atoms with E-state index in [9.17, 15) is 0 Å². The molecule has 1 atom stereocenters. The van der Waals surface area contributed by atoms with Gasteiger partial charge >= 0.3 is 0 Å². The van der Waals surface area contributed by atoms with Crippen molar-refractivity contribution in [3.63, 3.8) is 0 Å². The Morgan fingerprint density at radius 1 is 1.16 bits per heavy atom. The Kier molecular flexibility index (Phi) is 7.96. The van der Waals surface area contributed by atoms with E-state index in [1.807, 2.05) is 0 Å². The summed E-state index contributed by atoms with van der Waals surface area (Å²) < 4.78 is 5.94. The fourth-order valence-corrected chi connectivity index (χ4v) is 3.00. The standard InChI is InChI=1S/C16H34N2O/c1-5-10-17-11-8-6-7-9-12-18-13-15(2)19-16(3,4)14-18/h15,17H,5-14H2,1-4H3. The van der Waals surface area contributed by atoms with Crippen LogP contribution in [0.3, 0.4) is 0 Å². The smallest absolute Gasteiger partial charge is 0.0757 e. The van der Waals surface area contributed by atoms with Crippen LogP contribution in [0.25, 0.3) is 0 Å². The van der Waals surface area contributed by atoms with E-state index in [4.69, 9.17) is 4.74 Å². The third-order valence-corrected chi connectivity index (χ3v) is 3.64. The van der Waals surface area contributed by atoms with Crippen molar-refractivity contribution in [3.05, 3.63) is 0 Å². The lowest BCUT2D eigenvalue weighted by Gasteiger charge is -2.41. The molecular weight excluding hydrogens is 236 g/mol. The highest BCUT2D eigenvalue weighted by Gasteiger charge is 2.30. The Morgan fingerprint density at radius 2 is 1.89 bits per heavy atom. The molecule has 0 aromatic carbocycles. The minimum Gasteiger partial charge on any atom is -0.370 e. The molecule has 1 aliphatic rings. The van der Waals surface area contributed by atoms with Crippen molar-refractivity contribution in [3.8, 4) is 0 Å². The summed E-state index contributed by atoms with van der Waals surface area (Å²) in [6, 6.07) is 0. The molecule has 0 amide bonds. The van der Waals surface area contributed by atoms with E-state index in [1.165, 1.54) is 51.7 Å². The molecule has 1 saturated heterocycles. The average Bonchev–Trinajstić information content (AvgIpc) is 2.30. The van der Waals surface area contributed by atoms with Crippen LogP contribution in [-0.4, -0.2) is 49.3 Å². The van der Waals surface area contributed by atoms with E-state index >= 15 is 0 Å². The van der Waals surface area contributed by atoms with Crippen molar-refractivity contribution in [1.29, 1.82) is 0 Å². The Bertz CT molecular complexity index is 231. The van der Waals surface area contributed by atoms with Gasteiger partial charge in [0.2, 0.25) is 0 Å². The largest absolute Gasteiger partial charge is 0.370 e. The second-order valence-electron chi connectivity index (χ2n) is 6.59. The van der Waals surface area contributed by atoms with Crippen LogP contribution in [-0.2, 0) is 4.74 Å². The van der Waals surface area contributed by atoms with E-state index in [1.54, 1.807) is 0 Å². The third kappa shape index (κ3) is 7.91. The zero-order valence-corrected chi connectivity index (χ0v) is 13.5. The first-order chi connectivity index (χ1) is 9.03. The summed E-state index contributed by atoms with van der Waals surface area (Å²) in [6.45, 7) is 14.6. The van der Waals surface area contributed by atoms with Gasteiger partial charge in [0.05, 0.1) is 11.7 Å². The number of ether oxygens (including phenoxy) is 1. The summed E-state index contributed by atoms with van der Waals surface area (Å²) >= 11 is 0. The zero-order valence-electron chi connectivity index (χ0n) is 13.5. The van der Waals surface area contributed by atoms with Crippen LogP contribution in [0.1, 0.15) is 59.8 Å². The Labute approximate surface area is 120 Å². The molecule has 114 valence electrons. The van der Waals surface area contributed by atoms with E-state index in [-0.39, 0.29) is 5.60 Å². The number of nitrogens with zero attached hydrogens (tertiary/aromatic N) is 1. The zero-order chi connectivity index (χ0) is 14.1.